The van der Waals surface area contributed by atoms with Crippen molar-refractivity contribution < 1.29 is 22.7 Å². The largest absolute Gasteiger partial charge is 0.467 e. The number of hydrogen-bond acceptors (Lipinski definition) is 5. The molecule has 1 heterocycles. The molecule has 2 aromatic rings. The summed E-state index contributed by atoms with van der Waals surface area (Å²) in [6.07, 6.45) is 0. The summed E-state index contributed by atoms with van der Waals surface area (Å²) in [6.45, 7) is 0.0470. The Balaban J connectivity index is 1.87. The predicted molar refractivity (Wildman–Crippen MR) is 98.5 cm³/mol. The molecule has 1 fully saturated rings. The molecular formula is C19H20N2O5S. The molecule has 1 saturated heterocycles. The first-order valence-corrected chi connectivity index (χ1v) is 9.88. The van der Waals surface area contributed by atoms with Gasteiger partial charge >= 0.3 is 5.97 Å². The van der Waals surface area contributed by atoms with Gasteiger partial charge in [0.2, 0.25) is 10.0 Å². The second kappa shape index (κ2) is 7.89. The summed E-state index contributed by atoms with van der Waals surface area (Å²) < 4.78 is 31.8. The third kappa shape index (κ3) is 3.86. The van der Waals surface area contributed by atoms with E-state index in [4.69, 9.17) is 4.74 Å². The number of carbonyl (C=O) groups excluding carboxylic acids is 2. The van der Waals surface area contributed by atoms with Crippen molar-refractivity contribution in [3.8, 4) is 0 Å². The fraction of sp³-hybridized carbons (Fsp3) is 0.263. The van der Waals surface area contributed by atoms with E-state index in [1.54, 1.807) is 48.5 Å². The summed E-state index contributed by atoms with van der Waals surface area (Å²) in [5.74, 6) is -0.977. The molecule has 0 radical (unpaired) electrons. The third-order valence-electron chi connectivity index (χ3n) is 4.48. The second-order valence-corrected chi connectivity index (χ2v) is 8.02. The van der Waals surface area contributed by atoms with Crippen LogP contribution in [0.4, 0.5) is 0 Å². The van der Waals surface area contributed by atoms with Gasteiger partial charge in [-0.25, -0.2) is 13.2 Å². The van der Waals surface area contributed by atoms with Crippen LogP contribution in [0.5, 0.6) is 0 Å². The van der Waals surface area contributed by atoms with Gasteiger partial charge in [0.25, 0.3) is 5.91 Å². The number of ether oxygens (including phenoxy) is 1. The number of carbonyl (C=O) groups is 2. The van der Waals surface area contributed by atoms with Crippen molar-refractivity contribution in [2.75, 3.05) is 26.7 Å². The number of benzene rings is 2. The lowest BCUT2D eigenvalue weighted by atomic mass is 10.1. The molecule has 1 aliphatic rings. The minimum atomic E-state index is -3.76. The van der Waals surface area contributed by atoms with Crippen molar-refractivity contribution in [2.24, 2.45) is 0 Å². The number of amides is 1. The van der Waals surface area contributed by atoms with E-state index in [1.165, 1.54) is 28.4 Å². The Morgan fingerprint density at radius 1 is 0.963 bits per heavy atom. The van der Waals surface area contributed by atoms with Crippen LogP contribution in [0.25, 0.3) is 0 Å². The first kappa shape index (κ1) is 19.1. The normalized spacial score (nSPS) is 18.1. The second-order valence-electron chi connectivity index (χ2n) is 6.08. The molecular weight excluding hydrogens is 368 g/mol. The molecule has 142 valence electrons. The summed E-state index contributed by atoms with van der Waals surface area (Å²) in [4.78, 5) is 26.6. The topological polar surface area (TPSA) is 84.0 Å². The molecule has 1 aliphatic heterocycles. The van der Waals surface area contributed by atoms with E-state index in [2.05, 4.69) is 0 Å². The Kier molecular flexibility index (Phi) is 5.57. The van der Waals surface area contributed by atoms with Crippen LogP contribution in [0, 0.1) is 0 Å². The predicted octanol–water partition coefficient (Wildman–Crippen LogP) is 1.37. The Morgan fingerprint density at radius 3 is 2.15 bits per heavy atom. The van der Waals surface area contributed by atoms with Crippen LogP contribution < -0.4 is 0 Å². The minimum Gasteiger partial charge on any atom is -0.467 e. The number of sulfonamides is 1. The van der Waals surface area contributed by atoms with Crippen LogP contribution in [0.15, 0.2) is 65.6 Å². The molecule has 0 spiro atoms. The lowest BCUT2D eigenvalue weighted by Crippen LogP contribution is -2.59. The molecule has 3 rings (SSSR count). The van der Waals surface area contributed by atoms with Crippen molar-refractivity contribution >= 4 is 21.9 Å². The zero-order valence-corrected chi connectivity index (χ0v) is 15.6. The van der Waals surface area contributed by atoms with Crippen molar-refractivity contribution in [3.05, 3.63) is 66.2 Å². The van der Waals surface area contributed by atoms with Crippen molar-refractivity contribution in [2.45, 2.75) is 10.9 Å². The Bertz CT molecular complexity index is 916. The van der Waals surface area contributed by atoms with Crippen LogP contribution in [0.3, 0.4) is 0 Å². The van der Waals surface area contributed by atoms with Crippen LogP contribution in [0.1, 0.15) is 10.4 Å². The number of methoxy groups -OCH3 is 1. The summed E-state index contributed by atoms with van der Waals surface area (Å²) in [6, 6.07) is 15.6. The third-order valence-corrected chi connectivity index (χ3v) is 6.36. The maximum Gasteiger partial charge on any atom is 0.329 e. The van der Waals surface area contributed by atoms with Gasteiger partial charge in [-0.3, -0.25) is 4.79 Å². The monoisotopic (exact) mass is 388 g/mol. The standard InChI is InChI=1S/C19H20N2O5S/c1-26-19(23)17-14-20(27(24,25)16-10-6-3-7-11-16)12-13-21(17)18(22)15-8-4-2-5-9-15/h2-11,17H,12-14H2,1H3. The maximum atomic E-state index is 12.9. The van der Waals surface area contributed by atoms with Crippen molar-refractivity contribution in [1.82, 2.24) is 9.21 Å². The maximum absolute atomic E-state index is 12.9. The minimum absolute atomic E-state index is 0.0968. The van der Waals surface area contributed by atoms with Gasteiger partial charge in [-0.05, 0) is 24.3 Å². The van der Waals surface area contributed by atoms with Gasteiger partial charge in [-0.2, -0.15) is 4.31 Å². The number of esters is 1. The van der Waals surface area contributed by atoms with Crippen LogP contribution in [-0.2, 0) is 19.6 Å². The highest BCUT2D eigenvalue weighted by atomic mass is 32.2. The molecule has 1 amide bonds. The van der Waals surface area contributed by atoms with Crippen molar-refractivity contribution in [1.29, 1.82) is 0 Å². The van der Waals surface area contributed by atoms with Gasteiger partial charge in [-0.1, -0.05) is 36.4 Å². The molecule has 7 nitrogen and oxygen atoms in total. The molecule has 1 atom stereocenters. The number of piperazine rings is 1. The van der Waals surface area contributed by atoms with Crippen LogP contribution in [-0.4, -0.2) is 62.3 Å². The van der Waals surface area contributed by atoms with E-state index in [9.17, 15) is 18.0 Å². The number of hydrogen-bond donors (Lipinski definition) is 0. The van der Waals surface area contributed by atoms with Gasteiger partial charge in [0, 0.05) is 25.2 Å². The van der Waals surface area contributed by atoms with Crippen molar-refractivity contribution in [3.63, 3.8) is 0 Å². The van der Waals surface area contributed by atoms with Gasteiger partial charge < -0.3 is 9.64 Å². The highest BCUT2D eigenvalue weighted by Crippen LogP contribution is 2.22. The highest BCUT2D eigenvalue weighted by molar-refractivity contribution is 7.89. The zero-order valence-electron chi connectivity index (χ0n) is 14.8. The molecule has 0 aliphatic carbocycles. The van der Waals surface area contributed by atoms with E-state index in [0.29, 0.717) is 5.56 Å². The first-order chi connectivity index (χ1) is 12.9. The number of nitrogens with zero attached hydrogens (tertiary/aromatic N) is 2. The average Bonchev–Trinajstić information content (AvgIpc) is 2.73. The molecule has 27 heavy (non-hydrogen) atoms. The van der Waals surface area contributed by atoms with Gasteiger partial charge in [0.1, 0.15) is 6.04 Å². The van der Waals surface area contributed by atoms with E-state index in [-0.39, 0.29) is 30.4 Å². The number of rotatable bonds is 4. The summed E-state index contributed by atoms with van der Waals surface area (Å²) >= 11 is 0. The molecule has 0 N–H and O–H groups in total. The average molecular weight is 388 g/mol. The van der Waals surface area contributed by atoms with Gasteiger partial charge in [-0.15, -0.1) is 0 Å². The van der Waals surface area contributed by atoms with E-state index in [0.717, 1.165) is 0 Å². The molecule has 2 aromatic carbocycles. The Hall–Kier alpha value is -2.71. The summed E-state index contributed by atoms with van der Waals surface area (Å²) in [7, 11) is -2.54. The molecule has 0 saturated carbocycles. The highest BCUT2D eigenvalue weighted by Gasteiger charge is 2.40. The summed E-state index contributed by atoms with van der Waals surface area (Å²) in [5, 5.41) is 0. The smallest absolute Gasteiger partial charge is 0.329 e. The quantitative estimate of drug-likeness (QED) is 0.739. The fourth-order valence-corrected chi connectivity index (χ4v) is 4.50. The SMILES string of the molecule is COC(=O)C1CN(S(=O)(=O)c2ccccc2)CCN1C(=O)c1ccccc1. The van der Waals surface area contributed by atoms with E-state index in [1.807, 2.05) is 0 Å². The fourth-order valence-electron chi connectivity index (χ4n) is 3.05. The molecule has 0 aromatic heterocycles. The molecule has 1 unspecified atom stereocenters. The van der Waals surface area contributed by atoms with Crippen LogP contribution >= 0.6 is 0 Å². The lowest BCUT2D eigenvalue weighted by Gasteiger charge is -2.39. The van der Waals surface area contributed by atoms with Gasteiger partial charge in [0.05, 0.1) is 12.0 Å². The van der Waals surface area contributed by atoms with Gasteiger partial charge in [0.15, 0.2) is 0 Å². The molecule has 0 bridgehead atoms. The van der Waals surface area contributed by atoms with Crippen LogP contribution in [0.2, 0.25) is 0 Å². The van der Waals surface area contributed by atoms with E-state index < -0.39 is 22.0 Å². The Morgan fingerprint density at radius 2 is 1.56 bits per heavy atom. The Labute approximate surface area is 158 Å². The van der Waals surface area contributed by atoms with E-state index >= 15 is 0 Å². The zero-order chi connectivity index (χ0) is 19.4. The summed E-state index contributed by atoms with van der Waals surface area (Å²) in [5.41, 5.74) is 0.436. The molecule has 8 heteroatoms. The lowest BCUT2D eigenvalue weighted by molar-refractivity contribution is -0.147. The first-order valence-electron chi connectivity index (χ1n) is 8.44.